The number of alkyl halides is 1. The lowest BCUT2D eigenvalue weighted by Gasteiger charge is -2.61. The molecular weight excluding hydrogens is 416 g/mol. The molecule has 0 saturated heterocycles. The third-order valence-electron chi connectivity index (χ3n) is 9.97. The Morgan fingerprint density at radius 1 is 1.18 bits per heavy atom. The molecule has 0 amide bonds. The molecule has 0 spiro atoms. The van der Waals surface area contributed by atoms with E-state index < -0.39 is 5.97 Å². The topological polar surface area (TPSA) is 54.4 Å². The molecule has 1 N–H and O–H groups in total. The summed E-state index contributed by atoms with van der Waals surface area (Å²) in [5, 5.41) is 9.11. The van der Waals surface area contributed by atoms with Crippen LogP contribution in [-0.4, -0.2) is 21.7 Å². The zero-order valence-electron chi connectivity index (χ0n) is 17.8. The van der Waals surface area contributed by atoms with E-state index in [9.17, 15) is 9.59 Å². The number of hydrogen-bond acceptors (Lipinski definition) is 2. The predicted molar refractivity (Wildman–Crippen MR) is 114 cm³/mol. The maximum Gasteiger partial charge on any atom is 0.303 e. The molecular formula is C24H37BrO3. The van der Waals surface area contributed by atoms with Gasteiger partial charge in [-0.25, -0.2) is 0 Å². The SMILES string of the molecule is C[C@@H](CCC(=O)O)[C@H]1CC[C@H]2[C@@H]3CC[C@H]4CCCC[C@]4(C)[C@H]3[C@H](Br)C(=O)[C@]12C. The molecule has 0 aromatic heterocycles. The highest BCUT2D eigenvalue weighted by Gasteiger charge is 2.66. The van der Waals surface area contributed by atoms with Crippen LogP contribution in [0.15, 0.2) is 0 Å². The highest BCUT2D eigenvalue weighted by molar-refractivity contribution is 9.10. The third-order valence-corrected chi connectivity index (χ3v) is 11.0. The van der Waals surface area contributed by atoms with E-state index in [1.54, 1.807) is 0 Å². The number of ketones is 1. The Bertz CT molecular complexity index is 648. The van der Waals surface area contributed by atoms with Crippen molar-refractivity contribution in [2.24, 2.45) is 46.3 Å². The van der Waals surface area contributed by atoms with Gasteiger partial charge in [-0.3, -0.25) is 9.59 Å². The summed E-state index contributed by atoms with van der Waals surface area (Å²) in [5.41, 5.74) is 0.0461. The first-order valence-corrected chi connectivity index (χ1v) is 12.5. The summed E-state index contributed by atoms with van der Waals surface area (Å²) in [7, 11) is 0. The van der Waals surface area contributed by atoms with Crippen molar-refractivity contribution in [3.8, 4) is 0 Å². The molecule has 0 aromatic rings. The first-order valence-electron chi connectivity index (χ1n) is 11.6. The van der Waals surface area contributed by atoms with Gasteiger partial charge >= 0.3 is 5.97 Å². The van der Waals surface area contributed by atoms with E-state index in [-0.39, 0.29) is 16.7 Å². The van der Waals surface area contributed by atoms with Gasteiger partial charge in [-0.05, 0) is 85.9 Å². The zero-order valence-corrected chi connectivity index (χ0v) is 19.3. The second-order valence-electron chi connectivity index (χ2n) is 11.0. The molecule has 158 valence electrons. The minimum atomic E-state index is -0.719. The van der Waals surface area contributed by atoms with Crippen LogP contribution >= 0.6 is 15.9 Å². The number of Topliss-reactive ketones (excluding diaryl/α,β-unsaturated/α-hetero) is 1. The van der Waals surface area contributed by atoms with E-state index >= 15 is 0 Å². The summed E-state index contributed by atoms with van der Waals surface area (Å²) in [6, 6.07) is 0. The van der Waals surface area contributed by atoms with Crippen LogP contribution in [0.2, 0.25) is 0 Å². The van der Waals surface area contributed by atoms with Crippen LogP contribution in [0.25, 0.3) is 0 Å². The van der Waals surface area contributed by atoms with Crippen molar-refractivity contribution in [3.05, 3.63) is 0 Å². The number of halogens is 1. The average molecular weight is 453 g/mol. The van der Waals surface area contributed by atoms with Crippen LogP contribution in [0.5, 0.6) is 0 Å². The van der Waals surface area contributed by atoms with Gasteiger partial charge in [0.05, 0.1) is 4.83 Å². The Balaban J connectivity index is 1.63. The molecule has 0 unspecified atom stereocenters. The van der Waals surface area contributed by atoms with E-state index in [1.165, 1.54) is 38.5 Å². The van der Waals surface area contributed by atoms with Gasteiger partial charge in [0.1, 0.15) is 0 Å². The number of carbonyl (C=O) groups excluding carboxylic acids is 1. The number of rotatable bonds is 4. The predicted octanol–water partition coefficient (Wildman–Crippen LogP) is 6.09. The number of fused-ring (bicyclic) bond motifs is 5. The van der Waals surface area contributed by atoms with Crippen molar-refractivity contribution in [2.45, 2.75) is 89.8 Å². The van der Waals surface area contributed by atoms with Crippen LogP contribution < -0.4 is 0 Å². The molecule has 9 atom stereocenters. The van der Waals surface area contributed by atoms with E-state index in [4.69, 9.17) is 5.11 Å². The van der Waals surface area contributed by atoms with Crippen LogP contribution in [0.4, 0.5) is 0 Å². The van der Waals surface area contributed by atoms with Crippen molar-refractivity contribution in [1.82, 2.24) is 0 Å². The zero-order chi connectivity index (χ0) is 20.3. The van der Waals surface area contributed by atoms with Crippen molar-refractivity contribution in [3.63, 3.8) is 0 Å². The molecule has 4 saturated carbocycles. The van der Waals surface area contributed by atoms with E-state index in [0.29, 0.717) is 47.2 Å². The average Bonchev–Trinajstić information content (AvgIpc) is 3.01. The van der Waals surface area contributed by atoms with Crippen molar-refractivity contribution in [2.75, 3.05) is 0 Å². The van der Waals surface area contributed by atoms with Crippen molar-refractivity contribution >= 4 is 27.7 Å². The summed E-state index contributed by atoms with van der Waals surface area (Å²) >= 11 is 3.96. The highest BCUT2D eigenvalue weighted by Crippen LogP contribution is 2.68. The second-order valence-corrected chi connectivity index (χ2v) is 12.0. The number of hydrogen-bond donors (Lipinski definition) is 1. The fourth-order valence-corrected chi connectivity index (χ4v) is 10.0. The quantitative estimate of drug-likeness (QED) is 0.524. The van der Waals surface area contributed by atoms with Gasteiger partial charge in [-0.1, -0.05) is 49.5 Å². The molecule has 0 aromatic carbocycles. The fraction of sp³-hybridized carbons (Fsp3) is 0.917. The first kappa shape index (κ1) is 20.9. The van der Waals surface area contributed by atoms with E-state index in [0.717, 1.165) is 18.8 Å². The van der Waals surface area contributed by atoms with Crippen LogP contribution in [0.3, 0.4) is 0 Å². The molecule has 0 radical (unpaired) electrons. The highest BCUT2D eigenvalue weighted by atomic mass is 79.9. The number of carboxylic acids is 1. The lowest BCUT2D eigenvalue weighted by molar-refractivity contribution is -0.155. The van der Waals surface area contributed by atoms with Crippen molar-refractivity contribution in [1.29, 1.82) is 0 Å². The molecule has 0 bridgehead atoms. The Morgan fingerprint density at radius 2 is 1.93 bits per heavy atom. The molecule has 4 fully saturated rings. The Labute approximate surface area is 178 Å². The molecule has 0 aliphatic heterocycles. The normalized spacial score (nSPS) is 49.1. The molecule has 4 aliphatic rings. The van der Waals surface area contributed by atoms with Gasteiger partial charge in [0.15, 0.2) is 5.78 Å². The summed E-state index contributed by atoms with van der Waals surface area (Å²) in [4.78, 5) is 25.0. The molecule has 0 heterocycles. The molecule has 28 heavy (non-hydrogen) atoms. The largest absolute Gasteiger partial charge is 0.481 e. The summed E-state index contributed by atoms with van der Waals surface area (Å²) in [6.07, 6.45) is 11.1. The fourth-order valence-electron chi connectivity index (χ4n) is 8.55. The van der Waals surface area contributed by atoms with Gasteiger partial charge in [-0.15, -0.1) is 0 Å². The van der Waals surface area contributed by atoms with Gasteiger partial charge in [0.2, 0.25) is 0 Å². The van der Waals surface area contributed by atoms with Gasteiger partial charge in [-0.2, -0.15) is 0 Å². The van der Waals surface area contributed by atoms with Crippen LogP contribution in [0, 0.1) is 46.3 Å². The molecule has 4 heteroatoms. The maximum atomic E-state index is 13.9. The molecule has 4 aliphatic carbocycles. The second kappa shape index (κ2) is 7.39. The minimum absolute atomic E-state index is 0.0167. The first-order chi connectivity index (χ1) is 13.2. The number of aliphatic carboxylic acids is 1. The van der Waals surface area contributed by atoms with Gasteiger partial charge in [0.25, 0.3) is 0 Å². The number of carboxylic acid groups (broad SMARTS) is 1. The molecule has 4 rings (SSSR count). The number of carbonyl (C=O) groups is 2. The van der Waals surface area contributed by atoms with Crippen LogP contribution in [0.1, 0.15) is 85.0 Å². The maximum absolute atomic E-state index is 13.9. The molecule has 3 nitrogen and oxygen atoms in total. The Kier molecular flexibility index (Phi) is 5.51. The summed E-state index contributed by atoms with van der Waals surface area (Å²) in [5.74, 6) is 2.80. The Morgan fingerprint density at radius 3 is 2.64 bits per heavy atom. The monoisotopic (exact) mass is 452 g/mol. The van der Waals surface area contributed by atoms with E-state index in [2.05, 4.69) is 36.7 Å². The summed E-state index contributed by atoms with van der Waals surface area (Å²) in [6.45, 7) is 6.93. The minimum Gasteiger partial charge on any atom is -0.481 e. The van der Waals surface area contributed by atoms with Crippen molar-refractivity contribution < 1.29 is 14.7 Å². The van der Waals surface area contributed by atoms with Gasteiger partial charge in [0, 0.05) is 11.8 Å². The Hall–Kier alpha value is -0.380. The van der Waals surface area contributed by atoms with E-state index in [1.807, 2.05) is 0 Å². The lowest BCUT2D eigenvalue weighted by atomic mass is 9.44. The standard InChI is InChI=1S/C24H37BrO3/c1-14(7-12-19(26)27)17-10-11-18-16-9-8-15-6-4-5-13-23(15,2)20(16)21(25)22(28)24(17,18)3/h14-18,20-21H,4-13H2,1-3H3,(H,26,27)/t14-,15+,16-,17+,18-,20+,21-,23-,24+/m0/s1. The third kappa shape index (κ3) is 2.94. The smallest absolute Gasteiger partial charge is 0.303 e. The van der Waals surface area contributed by atoms with Crippen LogP contribution in [-0.2, 0) is 9.59 Å². The summed E-state index contributed by atoms with van der Waals surface area (Å²) < 4.78 is 0. The lowest BCUT2D eigenvalue weighted by Crippen LogP contribution is -2.61. The van der Waals surface area contributed by atoms with Gasteiger partial charge < -0.3 is 5.11 Å².